The molecule has 2 saturated heterocycles. The van der Waals surface area contributed by atoms with Crippen molar-refractivity contribution < 1.29 is 23.8 Å². The molecule has 2 amide bonds. The summed E-state index contributed by atoms with van der Waals surface area (Å²) >= 11 is 0. The number of hydrogen-bond donors (Lipinski definition) is 1. The molecular formula is C29H43N5O5. The summed E-state index contributed by atoms with van der Waals surface area (Å²) in [4.78, 5) is 39.5. The van der Waals surface area contributed by atoms with E-state index in [1.165, 1.54) is 0 Å². The van der Waals surface area contributed by atoms with Crippen LogP contribution in [0.4, 0.5) is 16.6 Å². The van der Waals surface area contributed by atoms with Crippen LogP contribution in [0.3, 0.4) is 0 Å². The first-order valence-electron chi connectivity index (χ1n) is 14.9. The van der Waals surface area contributed by atoms with Gasteiger partial charge in [0, 0.05) is 43.5 Å². The third-order valence-corrected chi connectivity index (χ3v) is 8.82. The molecule has 1 unspecified atom stereocenters. The molecule has 2 saturated carbocycles. The third kappa shape index (κ3) is 5.59. The molecule has 1 N–H and O–H groups in total. The van der Waals surface area contributed by atoms with Crippen molar-refractivity contribution in [3.63, 3.8) is 0 Å². The maximum atomic E-state index is 13.8. The van der Waals surface area contributed by atoms with Crippen LogP contribution in [-0.4, -0.2) is 76.6 Å². The Kier molecular flexibility index (Phi) is 7.20. The van der Waals surface area contributed by atoms with E-state index < -0.39 is 11.0 Å². The molecule has 5 aliphatic rings. The highest BCUT2D eigenvalue weighted by atomic mass is 16.7. The van der Waals surface area contributed by atoms with E-state index in [9.17, 15) is 9.59 Å². The summed E-state index contributed by atoms with van der Waals surface area (Å²) in [6.07, 6.45) is 11.9. The lowest BCUT2D eigenvalue weighted by Crippen LogP contribution is -2.46. The zero-order chi connectivity index (χ0) is 27.2. The van der Waals surface area contributed by atoms with Crippen LogP contribution in [0.15, 0.2) is 6.20 Å². The topological polar surface area (TPSA) is 106 Å². The van der Waals surface area contributed by atoms with Crippen molar-refractivity contribution in [1.82, 2.24) is 14.9 Å². The van der Waals surface area contributed by atoms with Crippen molar-refractivity contribution in [2.45, 2.75) is 127 Å². The summed E-state index contributed by atoms with van der Waals surface area (Å²) in [6.45, 7) is 7.68. The van der Waals surface area contributed by atoms with Crippen molar-refractivity contribution in [1.29, 1.82) is 0 Å². The SMILES string of the molecule is CC(C)(C)OC(=O)N1CCC(Nc2ncc3c(n2)N([C@@H]2CCC[C@@H](OC4CCCCO4)C2)C(=O)C32CC2)CC1. The Morgan fingerprint density at radius 1 is 1.10 bits per heavy atom. The maximum Gasteiger partial charge on any atom is 0.410 e. The fourth-order valence-corrected chi connectivity index (χ4v) is 6.58. The average Bonchev–Trinajstić information content (AvgIpc) is 3.67. The summed E-state index contributed by atoms with van der Waals surface area (Å²) in [7, 11) is 0. The van der Waals surface area contributed by atoms with E-state index in [0.717, 1.165) is 88.6 Å². The highest BCUT2D eigenvalue weighted by molar-refractivity contribution is 6.09. The third-order valence-electron chi connectivity index (χ3n) is 8.82. The highest BCUT2D eigenvalue weighted by Crippen LogP contribution is 2.57. The van der Waals surface area contributed by atoms with Crippen molar-refractivity contribution in [3.8, 4) is 0 Å². The Morgan fingerprint density at radius 2 is 1.90 bits per heavy atom. The molecule has 1 spiro atoms. The van der Waals surface area contributed by atoms with E-state index in [1.54, 1.807) is 4.90 Å². The quantitative estimate of drug-likeness (QED) is 0.580. The van der Waals surface area contributed by atoms with E-state index in [2.05, 4.69) is 10.3 Å². The van der Waals surface area contributed by atoms with Crippen LogP contribution in [0.25, 0.3) is 0 Å². The summed E-state index contributed by atoms with van der Waals surface area (Å²) in [6, 6.07) is 0.239. The predicted octanol–water partition coefficient (Wildman–Crippen LogP) is 4.52. The number of nitrogens with zero attached hydrogens (tertiary/aromatic N) is 4. The number of carbonyl (C=O) groups excluding carboxylic acids is 2. The second kappa shape index (κ2) is 10.5. The number of piperidine rings is 1. The number of likely N-dealkylation sites (tertiary alicyclic amines) is 1. The van der Waals surface area contributed by atoms with E-state index in [1.807, 2.05) is 31.9 Å². The monoisotopic (exact) mass is 541 g/mol. The van der Waals surface area contributed by atoms with Crippen molar-refractivity contribution in [3.05, 3.63) is 11.8 Å². The zero-order valence-electron chi connectivity index (χ0n) is 23.6. The second-order valence-electron chi connectivity index (χ2n) is 12.9. The van der Waals surface area contributed by atoms with Gasteiger partial charge in [0.25, 0.3) is 0 Å². The highest BCUT2D eigenvalue weighted by Gasteiger charge is 2.61. The number of aromatic nitrogens is 2. The fourth-order valence-electron chi connectivity index (χ4n) is 6.58. The van der Waals surface area contributed by atoms with Crippen LogP contribution in [0, 0.1) is 0 Å². The Hall–Kier alpha value is -2.46. The van der Waals surface area contributed by atoms with Gasteiger partial charge in [-0.15, -0.1) is 0 Å². The Labute approximate surface area is 231 Å². The standard InChI is InChI=1S/C29H43N5O5/c1-28(2,3)39-27(36)33-14-10-19(11-15-33)31-26-30-18-22-24(32-26)34(25(35)29(22)12-13-29)20-7-6-8-21(17-20)38-23-9-4-5-16-37-23/h18-21,23H,4-17H2,1-3H3,(H,30,31,32)/t20-,21-,23?/m1/s1. The Bertz CT molecular complexity index is 1070. The number of anilines is 2. The largest absolute Gasteiger partial charge is 0.444 e. The molecule has 0 aromatic carbocycles. The van der Waals surface area contributed by atoms with Gasteiger partial charge in [-0.25, -0.2) is 9.78 Å². The normalized spacial score (nSPS) is 28.9. The van der Waals surface area contributed by atoms with Gasteiger partial charge in [0.05, 0.1) is 11.5 Å². The number of nitrogens with one attached hydrogen (secondary N) is 1. The molecule has 6 rings (SSSR count). The number of ether oxygens (including phenoxy) is 3. The average molecular weight is 542 g/mol. The van der Waals surface area contributed by atoms with Gasteiger partial charge in [-0.1, -0.05) is 0 Å². The minimum absolute atomic E-state index is 0.0818. The van der Waals surface area contributed by atoms with Crippen LogP contribution >= 0.6 is 0 Å². The van der Waals surface area contributed by atoms with Gasteiger partial charge in [0.1, 0.15) is 11.4 Å². The lowest BCUT2D eigenvalue weighted by Gasteiger charge is -2.37. The number of hydrogen-bond acceptors (Lipinski definition) is 8. The molecule has 3 atom stereocenters. The zero-order valence-corrected chi connectivity index (χ0v) is 23.6. The molecule has 3 aliphatic heterocycles. The van der Waals surface area contributed by atoms with Crippen LogP contribution in [0.2, 0.25) is 0 Å². The summed E-state index contributed by atoms with van der Waals surface area (Å²) in [5.74, 6) is 1.52. The molecule has 0 bridgehead atoms. The van der Waals surface area contributed by atoms with Gasteiger partial charge in [-0.2, -0.15) is 4.98 Å². The van der Waals surface area contributed by atoms with Gasteiger partial charge in [-0.3, -0.25) is 9.69 Å². The van der Waals surface area contributed by atoms with E-state index in [0.29, 0.717) is 19.0 Å². The minimum Gasteiger partial charge on any atom is -0.444 e. The lowest BCUT2D eigenvalue weighted by atomic mass is 9.91. The van der Waals surface area contributed by atoms with Gasteiger partial charge in [0.2, 0.25) is 11.9 Å². The first-order chi connectivity index (χ1) is 18.7. The van der Waals surface area contributed by atoms with Crippen molar-refractivity contribution >= 4 is 23.8 Å². The van der Waals surface area contributed by atoms with Crippen LogP contribution in [0.1, 0.15) is 97.0 Å². The van der Waals surface area contributed by atoms with Gasteiger partial charge in [-0.05, 0) is 91.4 Å². The van der Waals surface area contributed by atoms with Gasteiger partial charge >= 0.3 is 6.09 Å². The Morgan fingerprint density at radius 3 is 2.59 bits per heavy atom. The predicted molar refractivity (Wildman–Crippen MR) is 146 cm³/mol. The molecule has 0 radical (unpaired) electrons. The Balaban J connectivity index is 1.12. The summed E-state index contributed by atoms with van der Waals surface area (Å²) in [5.41, 5.74) is 0.0599. The summed E-state index contributed by atoms with van der Waals surface area (Å²) < 4.78 is 17.7. The molecular weight excluding hydrogens is 498 g/mol. The van der Waals surface area contributed by atoms with E-state index in [-0.39, 0.29) is 36.5 Å². The van der Waals surface area contributed by atoms with Crippen LogP contribution in [0.5, 0.6) is 0 Å². The fraction of sp³-hybridized carbons (Fsp3) is 0.793. The van der Waals surface area contributed by atoms with Crippen molar-refractivity contribution in [2.24, 2.45) is 0 Å². The maximum absolute atomic E-state index is 13.8. The molecule has 4 fully saturated rings. The molecule has 10 nitrogen and oxygen atoms in total. The molecule has 39 heavy (non-hydrogen) atoms. The minimum atomic E-state index is -0.499. The molecule has 1 aromatic rings. The molecule has 10 heteroatoms. The molecule has 4 heterocycles. The van der Waals surface area contributed by atoms with Gasteiger partial charge < -0.3 is 24.4 Å². The molecule has 2 aliphatic carbocycles. The molecule has 214 valence electrons. The number of fused-ring (bicyclic) bond motifs is 2. The van der Waals surface area contributed by atoms with Crippen LogP contribution < -0.4 is 10.2 Å². The van der Waals surface area contributed by atoms with Crippen LogP contribution in [-0.2, 0) is 24.4 Å². The summed E-state index contributed by atoms with van der Waals surface area (Å²) in [5, 5.41) is 3.49. The second-order valence-corrected chi connectivity index (χ2v) is 12.9. The number of carbonyl (C=O) groups is 2. The molecule has 1 aromatic heterocycles. The van der Waals surface area contributed by atoms with E-state index in [4.69, 9.17) is 19.2 Å². The van der Waals surface area contributed by atoms with Gasteiger partial charge in [0.15, 0.2) is 6.29 Å². The van der Waals surface area contributed by atoms with E-state index >= 15 is 0 Å². The van der Waals surface area contributed by atoms with Crippen molar-refractivity contribution in [2.75, 3.05) is 29.9 Å². The number of amides is 2. The number of rotatable bonds is 5. The lowest BCUT2D eigenvalue weighted by molar-refractivity contribution is -0.193. The first kappa shape index (κ1) is 26.7. The smallest absolute Gasteiger partial charge is 0.410 e. The first-order valence-corrected chi connectivity index (χ1v) is 14.9.